The Balaban J connectivity index is 1.51. The highest BCUT2D eigenvalue weighted by Crippen LogP contribution is 2.24. The molecule has 1 amide bonds. The molecule has 0 spiro atoms. The number of nitrogens with zero attached hydrogens (tertiary/aromatic N) is 2. The van der Waals surface area contributed by atoms with Crippen molar-refractivity contribution in [3.63, 3.8) is 0 Å². The van der Waals surface area contributed by atoms with Gasteiger partial charge in [-0.25, -0.2) is 0 Å². The van der Waals surface area contributed by atoms with Crippen molar-refractivity contribution >= 4 is 33.2 Å². The number of ether oxygens (including phenoxy) is 1. The minimum absolute atomic E-state index is 0.157. The van der Waals surface area contributed by atoms with E-state index in [4.69, 9.17) is 4.74 Å². The van der Waals surface area contributed by atoms with Crippen molar-refractivity contribution in [3.05, 3.63) is 76.4 Å². The van der Waals surface area contributed by atoms with Gasteiger partial charge in [0, 0.05) is 34.5 Å². The standard InChI is InChI=1S/C23H22BrN3O2/c1-16-21(8-9-22(25-16)17-4-2-5-18(24)14-17)23(28)26-19-6-3-7-20(15-19)27-10-12-29-13-11-27/h2-9,14-15H,10-13H2,1H3,(H,26,28). The number of aryl methyl sites for hydroxylation is 1. The minimum Gasteiger partial charge on any atom is -0.378 e. The number of carbonyl (C=O) groups excluding carboxylic acids is 1. The van der Waals surface area contributed by atoms with E-state index in [1.165, 1.54) is 0 Å². The molecule has 1 saturated heterocycles. The number of nitrogens with one attached hydrogen (secondary N) is 1. The van der Waals surface area contributed by atoms with E-state index in [1.807, 2.05) is 61.5 Å². The molecule has 29 heavy (non-hydrogen) atoms. The molecule has 2 aromatic carbocycles. The van der Waals surface area contributed by atoms with E-state index >= 15 is 0 Å². The average molecular weight is 452 g/mol. The lowest BCUT2D eigenvalue weighted by atomic mass is 10.1. The second-order valence-electron chi connectivity index (χ2n) is 6.94. The summed E-state index contributed by atoms with van der Waals surface area (Å²) < 4.78 is 6.41. The van der Waals surface area contributed by atoms with Gasteiger partial charge in [0.25, 0.3) is 5.91 Å². The lowest BCUT2D eigenvalue weighted by Gasteiger charge is -2.29. The Hall–Kier alpha value is -2.70. The predicted molar refractivity (Wildman–Crippen MR) is 120 cm³/mol. The molecule has 1 fully saturated rings. The van der Waals surface area contributed by atoms with Gasteiger partial charge >= 0.3 is 0 Å². The van der Waals surface area contributed by atoms with Crippen LogP contribution < -0.4 is 10.2 Å². The van der Waals surface area contributed by atoms with E-state index < -0.39 is 0 Å². The van der Waals surface area contributed by atoms with E-state index in [1.54, 1.807) is 0 Å². The zero-order valence-electron chi connectivity index (χ0n) is 16.2. The Bertz CT molecular complexity index is 1030. The molecule has 0 saturated carbocycles. The number of rotatable bonds is 4. The van der Waals surface area contributed by atoms with Crippen LogP contribution >= 0.6 is 15.9 Å². The number of benzene rings is 2. The van der Waals surface area contributed by atoms with Crippen LogP contribution in [0.15, 0.2) is 65.1 Å². The van der Waals surface area contributed by atoms with Crippen LogP contribution in [-0.2, 0) is 4.74 Å². The van der Waals surface area contributed by atoms with Crippen molar-refractivity contribution in [1.29, 1.82) is 0 Å². The SMILES string of the molecule is Cc1nc(-c2cccc(Br)c2)ccc1C(=O)Nc1cccc(N2CCOCC2)c1. The molecule has 3 aromatic rings. The number of morpholine rings is 1. The van der Waals surface area contributed by atoms with Crippen LogP contribution in [-0.4, -0.2) is 37.2 Å². The highest BCUT2D eigenvalue weighted by atomic mass is 79.9. The van der Waals surface area contributed by atoms with Crippen LogP contribution in [0.4, 0.5) is 11.4 Å². The Kier molecular flexibility index (Phi) is 5.92. The molecule has 1 aliphatic rings. The third kappa shape index (κ3) is 4.66. The third-order valence-corrected chi connectivity index (χ3v) is 5.42. The van der Waals surface area contributed by atoms with Gasteiger partial charge in [0.2, 0.25) is 0 Å². The van der Waals surface area contributed by atoms with Crippen molar-refractivity contribution < 1.29 is 9.53 Å². The van der Waals surface area contributed by atoms with Gasteiger partial charge in [-0.15, -0.1) is 0 Å². The summed E-state index contributed by atoms with van der Waals surface area (Å²) in [5, 5.41) is 3.00. The fourth-order valence-corrected chi connectivity index (χ4v) is 3.81. The third-order valence-electron chi connectivity index (χ3n) is 4.93. The first-order valence-corrected chi connectivity index (χ1v) is 10.4. The van der Waals surface area contributed by atoms with Gasteiger partial charge < -0.3 is 15.0 Å². The number of hydrogen-bond acceptors (Lipinski definition) is 4. The molecule has 5 nitrogen and oxygen atoms in total. The predicted octanol–water partition coefficient (Wildman–Crippen LogP) is 4.91. The van der Waals surface area contributed by atoms with Crippen LogP contribution in [0, 0.1) is 6.92 Å². The van der Waals surface area contributed by atoms with Crippen LogP contribution in [0.1, 0.15) is 16.1 Å². The number of amides is 1. The quantitative estimate of drug-likeness (QED) is 0.612. The van der Waals surface area contributed by atoms with Crippen LogP contribution in [0.2, 0.25) is 0 Å². The Morgan fingerprint density at radius 3 is 2.62 bits per heavy atom. The lowest BCUT2D eigenvalue weighted by molar-refractivity contribution is 0.102. The maximum atomic E-state index is 12.8. The molecule has 4 rings (SSSR count). The van der Waals surface area contributed by atoms with Gasteiger partial charge in [0.15, 0.2) is 0 Å². The molecule has 0 radical (unpaired) electrons. The number of halogens is 1. The number of anilines is 2. The van der Waals surface area contributed by atoms with Crippen molar-refractivity contribution in [2.45, 2.75) is 6.92 Å². The Morgan fingerprint density at radius 2 is 1.86 bits per heavy atom. The Morgan fingerprint density at radius 1 is 1.07 bits per heavy atom. The molecule has 148 valence electrons. The van der Waals surface area contributed by atoms with E-state index in [0.29, 0.717) is 11.3 Å². The molecule has 1 aromatic heterocycles. The van der Waals surface area contributed by atoms with E-state index in [-0.39, 0.29) is 5.91 Å². The van der Waals surface area contributed by atoms with Gasteiger partial charge in [0.05, 0.1) is 30.2 Å². The second-order valence-corrected chi connectivity index (χ2v) is 7.86. The molecular weight excluding hydrogens is 430 g/mol. The molecule has 2 heterocycles. The first kappa shape index (κ1) is 19.6. The van der Waals surface area contributed by atoms with E-state index in [9.17, 15) is 4.79 Å². The molecule has 0 bridgehead atoms. The molecule has 1 aliphatic heterocycles. The zero-order valence-corrected chi connectivity index (χ0v) is 17.8. The number of aromatic nitrogens is 1. The summed E-state index contributed by atoms with van der Waals surface area (Å²) >= 11 is 3.48. The van der Waals surface area contributed by atoms with Gasteiger partial charge in [-0.2, -0.15) is 0 Å². The molecular formula is C23H22BrN3O2. The summed E-state index contributed by atoms with van der Waals surface area (Å²) in [6.07, 6.45) is 0. The van der Waals surface area contributed by atoms with E-state index in [2.05, 4.69) is 37.2 Å². The fraction of sp³-hybridized carbons (Fsp3) is 0.217. The molecule has 0 unspecified atom stereocenters. The summed E-state index contributed by atoms with van der Waals surface area (Å²) in [7, 11) is 0. The minimum atomic E-state index is -0.157. The number of hydrogen-bond donors (Lipinski definition) is 1. The van der Waals surface area contributed by atoms with Gasteiger partial charge in [-0.3, -0.25) is 9.78 Å². The first-order valence-electron chi connectivity index (χ1n) is 9.58. The highest BCUT2D eigenvalue weighted by Gasteiger charge is 2.14. The molecule has 6 heteroatoms. The maximum absolute atomic E-state index is 12.8. The number of carbonyl (C=O) groups is 1. The summed E-state index contributed by atoms with van der Waals surface area (Å²) in [5.74, 6) is -0.157. The molecule has 1 N–H and O–H groups in total. The van der Waals surface area contributed by atoms with Gasteiger partial charge in [-0.05, 0) is 49.4 Å². The first-order chi connectivity index (χ1) is 14.1. The zero-order chi connectivity index (χ0) is 20.2. The van der Waals surface area contributed by atoms with Crippen LogP contribution in [0.3, 0.4) is 0 Å². The summed E-state index contributed by atoms with van der Waals surface area (Å²) in [6.45, 7) is 5.03. The lowest BCUT2D eigenvalue weighted by Crippen LogP contribution is -2.36. The fourth-order valence-electron chi connectivity index (χ4n) is 3.41. The largest absolute Gasteiger partial charge is 0.378 e. The second kappa shape index (κ2) is 8.76. The molecule has 0 atom stereocenters. The van der Waals surface area contributed by atoms with E-state index in [0.717, 1.165) is 53.4 Å². The summed E-state index contributed by atoms with van der Waals surface area (Å²) in [5.41, 5.74) is 4.98. The van der Waals surface area contributed by atoms with Crippen molar-refractivity contribution in [1.82, 2.24) is 4.98 Å². The van der Waals surface area contributed by atoms with Gasteiger partial charge in [0.1, 0.15) is 0 Å². The normalized spacial score (nSPS) is 13.9. The Labute approximate surface area is 178 Å². The van der Waals surface area contributed by atoms with Crippen molar-refractivity contribution in [2.75, 3.05) is 36.5 Å². The smallest absolute Gasteiger partial charge is 0.257 e. The van der Waals surface area contributed by atoms with Crippen LogP contribution in [0.25, 0.3) is 11.3 Å². The van der Waals surface area contributed by atoms with Crippen molar-refractivity contribution in [3.8, 4) is 11.3 Å². The summed E-state index contributed by atoms with van der Waals surface area (Å²) in [4.78, 5) is 19.7. The average Bonchev–Trinajstić information content (AvgIpc) is 2.74. The van der Waals surface area contributed by atoms with Crippen molar-refractivity contribution in [2.24, 2.45) is 0 Å². The monoisotopic (exact) mass is 451 g/mol. The van der Waals surface area contributed by atoms with Crippen LogP contribution in [0.5, 0.6) is 0 Å². The van der Waals surface area contributed by atoms with Gasteiger partial charge in [-0.1, -0.05) is 34.1 Å². The number of pyridine rings is 1. The maximum Gasteiger partial charge on any atom is 0.257 e. The molecule has 0 aliphatic carbocycles. The highest BCUT2D eigenvalue weighted by molar-refractivity contribution is 9.10. The summed E-state index contributed by atoms with van der Waals surface area (Å²) in [6, 6.07) is 19.6. The topological polar surface area (TPSA) is 54.5 Å².